The van der Waals surface area contributed by atoms with E-state index in [1.165, 1.54) is 25.2 Å². The van der Waals surface area contributed by atoms with Gasteiger partial charge in [-0.1, -0.05) is 6.07 Å². The Bertz CT molecular complexity index is 702. The van der Waals surface area contributed by atoms with E-state index < -0.39 is 19.9 Å². The van der Waals surface area contributed by atoms with E-state index in [9.17, 15) is 16.8 Å². The molecule has 2 N–H and O–H groups in total. The third-order valence-electron chi connectivity index (χ3n) is 3.21. The molecule has 6 nitrogen and oxygen atoms in total. The van der Waals surface area contributed by atoms with Crippen LogP contribution < -0.4 is 5.73 Å². The standard InChI is InChI=1S/C12H20N2O4S2.ClH/c1-9-5-6-11(19(4,15)16)7-12(9)20(17,18)14(3)10(2)8-13;/h5-7,10H,8,13H2,1-4H3;1H. The number of hydrogen-bond donors (Lipinski definition) is 1. The molecule has 0 fully saturated rings. The lowest BCUT2D eigenvalue weighted by Crippen LogP contribution is -2.39. The molecular formula is C12H21ClN2O4S2. The number of nitrogens with two attached hydrogens (primary N) is 1. The first-order valence-corrected chi connectivity index (χ1v) is 9.33. The Labute approximate surface area is 132 Å². The predicted octanol–water partition coefficient (Wildman–Crippen LogP) is 0.788. The van der Waals surface area contributed by atoms with Crippen molar-refractivity contribution in [1.29, 1.82) is 0 Å². The molecule has 0 saturated heterocycles. The van der Waals surface area contributed by atoms with Crippen LogP contribution in [0, 0.1) is 6.92 Å². The average Bonchev–Trinajstić information content (AvgIpc) is 2.35. The van der Waals surface area contributed by atoms with Gasteiger partial charge >= 0.3 is 0 Å². The summed E-state index contributed by atoms with van der Waals surface area (Å²) < 4.78 is 49.3. The molecule has 1 rings (SSSR count). The SMILES string of the molecule is Cc1ccc(S(C)(=O)=O)cc1S(=O)(=O)N(C)C(C)CN.Cl. The highest BCUT2D eigenvalue weighted by Crippen LogP contribution is 2.23. The molecule has 122 valence electrons. The fourth-order valence-electron chi connectivity index (χ4n) is 1.63. The van der Waals surface area contributed by atoms with Crippen molar-refractivity contribution in [2.24, 2.45) is 5.73 Å². The molecule has 1 atom stereocenters. The Morgan fingerprint density at radius 2 is 1.76 bits per heavy atom. The Balaban J connectivity index is 0.00000400. The Hall–Kier alpha value is -0.670. The van der Waals surface area contributed by atoms with Crippen molar-refractivity contribution in [3.8, 4) is 0 Å². The summed E-state index contributed by atoms with van der Waals surface area (Å²) >= 11 is 0. The van der Waals surface area contributed by atoms with Gasteiger partial charge in [-0.2, -0.15) is 4.31 Å². The van der Waals surface area contributed by atoms with Gasteiger partial charge in [0.25, 0.3) is 0 Å². The number of nitrogens with zero attached hydrogens (tertiary/aromatic N) is 1. The Morgan fingerprint density at radius 1 is 1.24 bits per heavy atom. The first kappa shape index (κ1) is 20.3. The number of rotatable bonds is 5. The maximum Gasteiger partial charge on any atom is 0.243 e. The molecule has 0 aliphatic rings. The molecule has 0 aliphatic carbocycles. The van der Waals surface area contributed by atoms with Crippen LogP contribution in [0.2, 0.25) is 0 Å². The van der Waals surface area contributed by atoms with Crippen molar-refractivity contribution in [3.63, 3.8) is 0 Å². The van der Waals surface area contributed by atoms with Crippen LogP contribution in [0.4, 0.5) is 0 Å². The van der Waals surface area contributed by atoms with Gasteiger partial charge in [-0.05, 0) is 31.5 Å². The molecule has 1 unspecified atom stereocenters. The van der Waals surface area contributed by atoms with Crippen molar-refractivity contribution >= 4 is 32.3 Å². The molecule has 0 amide bonds. The summed E-state index contributed by atoms with van der Waals surface area (Å²) in [5, 5.41) is 0. The van der Waals surface area contributed by atoms with Crippen molar-refractivity contribution in [2.75, 3.05) is 19.8 Å². The number of sulfone groups is 1. The minimum atomic E-state index is -3.77. The third kappa shape index (κ3) is 4.40. The zero-order chi connectivity index (χ0) is 15.7. The lowest BCUT2D eigenvalue weighted by atomic mass is 10.2. The maximum atomic E-state index is 12.5. The first-order chi connectivity index (χ1) is 9.01. The molecule has 0 heterocycles. The van der Waals surface area contributed by atoms with Gasteiger partial charge in [0.1, 0.15) is 0 Å². The highest BCUT2D eigenvalue weighted by molar-refractivity contribution is 7.91. The van der Waals surface area contributed by atoms with Crippen LogP contribution in [0.5, 0.6) is 0 Å². The van der Waals surface area contributed by atoms with Gasteiger partial charge in [0.2, 0.25) is 10.0 Å². The van der Waals surface area contributed by atoms with Gasteiger partial charge in [-0.25, -0.2) is 16.8 Å². The van der Waals surface area contributed by atoms with E-state index in [1.807, 2.05) is 0 Å². The second-order valence-corrected chi connectivity index (χ2v) is 8.79. The monoisotopic (exact) mass is 356 g/mol. The predicted molar refractivity (Wildman–Crippen MR) is 85.0 cm³/mol. The zero-order valence-corrected chi connectivity index (χ0v) is 14.8. The minimum absolute atomic E-state index is 0. The van der Waals surface area contributed by atoms with Crippen LogP contribution >= 0.6 is 12.4 Å². The molecule has 0 aromatic heterocycles. The Morgan fingerprint density at radius 3 is 2.19 bits per heavy atom. The maximum absolute atomic E-state index is 12.5. The molecule has 0 bridgehead atoms. The molecule has 0 saturated carbocycles. The third-order valence-corrected chi connectivity index (χ3v) is 6.43. The van der Waals surface area contributed by atoms with Crippen molar-refractivity contribution in [2.45, 2.75) is 29.7 Å². The van der Waals surface area contributed by atoms with Crippen LogP contribution in [0.1, 0.15) is 12.5 Å². The molecule has 21 heavy (non-hydrogen) atoms. The second kappa shape index (κ2) is 7.06. The van der Waals surface area contributed by atoms with E-state index in [0.717, 1.165) is 10.6 Å². The number of sulfonamides is 1. The zero-order valence-electron chi connectivity index (χ0n) is 12.4. The van der Waals surface area contributed by atoms with Crippen LogP contribution in [0.3, 0.4) is 0 Å². The molecule has 9 heteroatoms. The van der Waals surface area contributed by atoms with Gasteiger partial charge in [0.05, 0.1) is 9.79 Å². The fraction of sp³-hybridized carbons (Fsp3) is 0.500. The summed E-state index contributed by atoms with van der Waals surface area (Å²) in [6.45, 7) is 3.49. The van der Waals surface area contributed by atoms with Crippen molar-refractivity contribution in [3.05, 3.63) is 23.8 Å². The summed E-state index contributed by atoms with van der Waals surface area (Å²) in [5.41, 5.74) is 5.98. The average molecular weight is 357 g/mol. The number of halogens is 1. The normalized spacial score (nSPS) is 13.8. The van der Waals surface area contributed by atoms with Gasteiger partial charge in [-0.15, -0.1) is 12.4 Å². The van der Waals surface area contributed by atoms with Crippen LogP contribution in [-0.4, -0.2) is 47.0 Å². The van der Waals surface area contributed by atoms with E-state index in [-0.39, 0.29) is 34.8 Å². The van der Waals surface area contributed by atoms with Crippen molar-refractivity contribution < 1.29 is 16.8 Å². The highest BCUT2D eigenvalue weighted by Gasteiger charge is 2.27. The van der Waals surface area contributed by atoms with E-state index in [2.05, 4.69) is 0 Å². The summed E-state index contributed by atoms with van der Waals surface area (Å²) in [6, 6.07) is 3.71. The molecule has 0 radical (unpaired) electrons. The quantitative estimate of drug-likeness (QED) is 0.841. The van der Waals surface area contributed by atoms with Crippen LogP contribution in [-0.2, 0) is 19.9 Å². The Kier molecular flexibility index (Phi) is 6.83. The minimum Gasteiger partial charge on any atom is -0.329 e. The van der Waals surface area contributed by atoms with Crippen LogP contribution in [0.25, 0.3) is 0 Å². The van der Waals surface area contributed by atoms with E-state index >= 15 is 0 Å². The molecule has 1 aromatic rings. The van der Waals surface area contributed by atoms with Gasteiger partial charge in [0, 0.05) is 25.9 Å². The molecule has 1 aromatic carbocycles. The van der Waals surface area contributed by atoms with E-state index in [0.29, 0.717) is 5.56 Å². The summed E-state index contributed by atoms with van der Waals surface area (Å²) in [5.74, 6) is 0. The first-order valence-electron chi connectivity index (χ1n) is 6.00. The summed E-state index contributed by atoms with van der Waals surface area (Å²) in [7, 11) is -5.81. The lowest BCUT2D eigenvalue weighted by molar-refractivity contribution is 0.394. The number of hydrogen-bond acceptors (Lipinski definition) is 5. The van der Waals surface area contributed by atoms with Gasteiger partial charge in [-0.3, -0.25) is 0 Å². The topological polar surface area (TPSA) is 97.5 Å². The second-order valence-electron chi connectivity index (χ2n) is 4.81. The number of benzene rings is 1. The van der Waals surface area contributed by atoms with E-state index in [4.69, 9.17) is 5.73 Å². The number of likely N-dealkylation sites (N-methyl/N-ethyl adjacent to an activating group) is 1. The lowest BCUT2D eigenvalue weighted by Gasteiger charge is -2.24. The van der Waals surface area contributed by atoms with E-state index in [1.54, 1.807) is 13.8 Å². The largest absolute Gasteiger partial charge is 0.329 e. The molecule has 0 spiro atoms. The smallest absolute Gasteiger partial charge is 0.243 e. The fourth-order valence-corrected chi connectivity index (χ4v) is 3.97. The number of aryl methyl sites for hydroxylation is 1. The van der Waals surface area contributed by atoms with Crippen LogP contribution in [0.15, 0.2) is 28.0 Å². The summed E-state index contributed by atoms with van der Waals surface area (Å²) in [4.78, 5) is -0.0290. The molecular weight excluding hydrogens is 336 g/mol. The van der Waals surface area contributed by atoms with Gasteiger partial charge < -0.3 is 5.73 Å². The molecule has 0 aliphatic heterocycles. The summed E-state index contributed by atoms with van der Waals surface area (Å²) in [6.07, 6.45) is 1.04. The van der Waals surface area contributed by atoms with Gasteiger partial charge in [0.15, 0.2) is 9.84 Å². The van der Waals surface area contributed by atoms with Crippen molar-refractivity contribution in [1.82, 2.24) is 4.31 Å². The highest BCUT2D eigenvalue weighted by atomic mass is 35.5.